The lowest BCUT2D eigenvalue weighted by Crippen LogP contribution is -2.34. The number of hydrogen-bond acceptors (Lipinski definition) is 4. The molecule has 0 fully saturated rings. The van der Waals surface area contributed by atoms with Gasteiger partial charge in [0.15, 0.2) is 0 Å². The molecule has 1 amide bonds. The van der Waals surface area contributed by atoms with Gasteiger partial charge < -0.3 is 5.32 Å². The highest BCUT2D eigenvalue weighted by Crippen LogP contribution is 2.10. The van der Waals surface area contributed by atoms with Crippen LogP contribution in [-0.4, -0.2) is 22.7 Å². The molecule has 1 N–H and O–H groups in total. The van der Waals surface area contributed by atoms with Gasteiger partial charge in [0, 0.05) is 18.1 Å². The van der Waals surface area contributed by atoms with Gasteiger partial charge in [-0.2, -0.15) is 5.26 Å². The van der Waals surface area contributed by atoms with Gasteiger partial charge in [-0.3, -0.25) is 9.78 Å². The van der Waals surface area contributed by atoms with E-state index in [-0.39, 0.29) is 11.9 Å². The summed E-state index contributed by atoms with van der Waals surface area (Å²) in [5, 5.41) is 11.4. The number of nitrogens with one attached hydrogen (secondary N) is 1. The Morgan fingerprint density at radius 2 is 2.29 bits per heavy atom. The first kappa shape index (κ1) is 13.5. The minimum absolute atomic E-state index is 0.0857. The molecule has 1 atom stereocenters. The molecule has 1 aromatic rings. The van der Waals surface area contributed by atoms with Gasteiger partial charge in [0.25, 0.3) is 0 Å². The van der Waals surface area contributed by atoms with Crippen molar-refractivity contribution in [1.82, 2.24) is 10.3 Å². The van der Waals surface area contributed by atoms with Crippen molar-refractivity contribution in [1.29, 1.82) is 5.26 Å². The lowest BCUT2D eigenvalue weighted by molar-refractivity contribution is -0.118. The molecule has 1 aromatic heterocycles. The fourth-order valence-corrected chi connectivity index (χ4v) is 2.00. The minimum Gasteiger partial charge on any atom is -0.340 e. The first-order chi connectivity index (χ1) is 8.26. The second-order valence-corrected chi connectivity index (χ2v) is 4.49. The van der Waals surface area contributed by atoms with Crippen LogP contribution in [0.1, 0.15) is 18.9 Å². The molecule has 0 unspecified atom stereocenters. The highest BCUT2D eigenvalue weighted by Gasteiger charge is 2.08. The summed E-state index contributed by atoms with van der Waals surface area (Å²) in [5.41, 5.74) is 1.14. The van der Waals surface area contributed by atoms with Gasteiger partial charge in [-0.1, -0.05) is 6.92 Å². The van der Waals surface area contributed by atoms with E-state index in [0.717, 1.165) is 11.3 Å². The topological polar surface area (TPSA) is 65.8 Å². The molecule has 0 bridgehead atoms. The van der Waals surface area contributed by atoms with Gasteiger partial charge in [0.05, 0.1) is 11.8 Å². The molecule has 1 heterocycles. The first-order valence-corrected chi connectivity index (χ1v) is 6.57. The Hall–Kier alpha value is -1.54. The standard InChI is InChI=1S/C12H15N3OS/c1-2-11(7-13)15-12(16)9-17-8-10-3-5-14-6-4-10/h3-6,11H,2,8-9H2,1H3,(H,15,16)/t11-/m0/s1. The third-order valence-corrected chi connectivity index (χ3v) is 3.15. The van der Waals surface area contributed by atoms with Gasteiger partial charge in [-0.25, -0.2) is 0 Å². The number of nitriles is 1. The fraction of sp³-hybridized carbons (Fsp3) is 0.417. The smallest absolute Gasteiger partial charge is 0.231 e. The van der Waals surface area contributed by atoms with Crippen molar-refractivity contribution in [3.05, 3.63) is 30.1 Å². The lowest BCUT2D eigenvalue weighted by atomic mass is 10.2. The van der Waals surface area contributed by atoms with Crippen LogP contribution < -0.4 is 5.32 Å². The van der Waals surface area contributed by atoms with Crippen LogP contribution in [0.4, 0.5) is 0 Å². The molecule has 4 nitrogen and oxygen atoms in total. The van der Waals surface area contributed by atoms with E-state index in [1.165, 1.54) is 11.8 Å². The van der Waals surface area contributed by atoms with Crippen LogP contribution >= 0.6 is 11.8 Å². The summed E-state index contributed by atoms with van der Waals surface area (Å²) in [4.78, 5) is 15.4. The number of carbonyl (C=O) groups excluding carboxylic acids is 1. The van der Waals surface area contributed by atoms with Crippen molar-refractivity contribution in [2.24, 2.45) is 0 Å². The zero-order valence-corrected chi connectivity index (χ0v) is 10.5. The van der Waals surface area contributed by atoms with Crippen molar-refractivity contribution in [3.8, 4) is 6.07 Å². The molecule has 0 radical (unpaired) electrons. The Morgan fingerprint density at radius 3 is 2.88 bits per heavy atom. The van der Waals surface area contributed by atoms with Gasteiger partial charge in [-0.05, 0) is 24.1 Å². The van der Waals surface area contributed by atoms with Gasteiger partial charge in [0.2, 0.25) is 5.91 Å². The second kappa shape index (κ2) is 7.69. The molecule has 0 aliphatic rings. The average Bonchev–Trinajstić information content (AvgIpc) is 2.37. The Balaban J connectivity index is 2.23. The number of pyridine rings is 1. The molecular weight excluding hydrogens is 234 g/mol. The Labute approximate surface area is 105 Å². The summed E-state index contributed by atoms with van der Waals surface area (Å²) in [5.74, 6) is 1.07. The number of amides is 1. The summed E-state index contributed by atoms with van der Waals surface area (Å²) >= 11 is 1.53. The Morgan fingerprint density at radius 1 is 1.59 bits per heavy atom. The second-order valence-electron chi connectivity index (χ2n) is 3.51. The molecular formula is C12H15N3OS. The minimum atomic E-state index is -0.371. The van der Waals surface area contributed by atoms with Crippen molar-refractivity contribution >= 4 is 17.7 Å². The molecule has 0 saturated carbocycles. The van der Waals surface area contributed by atoms with E-state index in [4.69, 9.17) is 5.26 Å². The number of aromatic nitrogens is 1. The number of carbonyl (C=O) groups is 1. The maximum Gasteiger partial charge on any atom is 0.231 e. The van der Waals surface area contributed by atoms with Gasteiger partial charge in [-0.15, -0.1) is 11.8 Å². The molecule has 0 aromatic carbocycles. The number of hydrogen-bond donors (Lipinski definition) is 1. The summed E-state index contributed by atoms with van der Waals surface area (Å²) in [7, 11) is 0. The van der Waals surface area contributed by atoms with Crippen molar-refractivity contribution in [2.75, 3.05) is 5.75 Å². The van der Waals surface area contributed by atoms with Crippen molar-refractivity contribution in [3.63, 3.8) is 0 Å². The molecule has 17 heavy (non-hydrogen) atoms. The first-order valence-electron chi connectivity index (χ1n) is 5.42. The van der Waals surface area contributed by atoms with Crippen LogP contribution in [0.5, 0.6) is 0 Å². The Bertz CT molecular complexity index is 388. The number of rotatable bonds is 6. The summed E-state index contributed by atoms with van der Waals surface area (Å²) < 4.78 is 0. The average molecular weight is 249 g/mol. The van der Waals surface area contributed by atoms with E-state index in [1.807, 2.05) is 25.1 Å². The van der Waals surface area contributed by atoms with E-state index in [9.17, 15) is 4.79 Å². The number of nitrogens with zero attached hydrogens (tertiary/aromatic N) is 2. The van der Waals surface area contributed by atoms with E-state index in [0.29, 0.717) is 12.2 Å². The van der Waals surface area contributed by atoms with Gasteiger partial charge in [0.1, 0.15) is 6.04 Å². The summed E-state index contributed by atoms with van der Waals surface area (Å²) in [6.07, 6.45) is 4.11. The predicted octanol–water partition coefficient (Wildman–Crippen LogP) is 1.73. The molecule has 1 rings (SSSR count). The maximum atomic E-state index is 11.5. The van der Waals surface area contributed by atoms with Gasteiger partial charge >= 0.3 is 0 Å². The van der Waals surface area contributed by atoms with Crippen LogP contribution in [0.25, 0.3) is 0 Å². The maximum absolute atomic E-state index is 11.5. The summed E-state index contributed by atoms with van der Waals surface area (Å²) in [6, 6.07) is 5.52. The molecule has 5 heteroatoms. The van der Waals surface area contributed by atoms with Crippen LogP contribution in [-0.2, 0) is 10.5 Å². The molecule has 0 aliphatic heterocycles. The predicted molar refractivity (Wildman–Crippen MR) is 68.2 cm³/mol. The number of thioether (sulfide) groups is 1. The summed E-state index contributed by atoms with van der Waals surface area (Å²) in [6.45, 7) is 1.87. The van der Waals surface area contributed by atoms with E-state index in [1.54, 1.807) is 12.4 Å². The van der Waals surface area contributed by atoms with Crippen molar-refractivity contribution in [2.45, 2.75) is 25.1 Å². The highest BCUT2D eigenvalue weighted by atomic mass is 32.2. The van der Waals surface area contributed by atoms with E-state index in [2.05, 4.69) is 10.3 Å². The third kappa shape index (κ3) is 5.36. The SMILES string of the molecule is CC[C@@H](C#N)NC(=O)CSCc1ccncc1. The molecule has 0 spiro atoms. The van der Waals surface area contributed by atoms with Crippen LogP contribution in [0, 0.1) is 11.3 Å². The Kier molecular flexibility index (Phi) is 6.12. The zero-order valence-electron chi connectivity index (χ0n) is 9.72. The molecule has 0 aliphatic carbocycles. The van der Waals surface area contributed by atoms with Crippen LogP contribution in [0.3, 0.4) is 0 Å². The molecule has 0 saturated heterocycles. The highest BCUT2D eigenvalue weighted by molar-refractivity contribution is 7.99. The van der Waals surface area contributed by atoms with Crippen molar-refractivity contribution < 1.29 is 4.79 Å². The quantitative estimate of drug-likeness (QED) is 0.834. The van der Waals surface area contributed by atoms with E-state index < -0.39 is 0 Å². The fourth-order valence-electron chi connectivity index (χ4n) is 1.20. The largest absolute Gasteiger partial charge is 0.340 e. The van der Waals surface area contributed by atoms with Crippen LogP contribution in [0.2, 0.25) is 0 Å². The van der Waals surface area contributed by atoms with E-state index >= 15 is 0 Å². The van der Waals surface area contributed by atoms with Crippen LogP contribution in [0.15, 0.2) is 24.5 Å². The lowest BCUT2D eigenvalue weighted by Gasteiger charge is -2.08. The molecule has 90 valence electrons. The normalized spacial score (nSPS) is 11.5. The zero-order chi connectivity index (χ0) is 12.5. The third-order valence-electron chi connectivity index (χ3n) is 2.15. The monoisotopic (exact) mass is 249 g/mol.